The predicted octanol–water partition coefficient (Wildman–Crippen LogP) is 5.36. The van der Waals surface area contributed by atoms with Gasteiger partial charge in [-0.3, -0.25) is 9.59 Å². The molecule has 2 aromatic heterocycles. The highest BCUT2D eigenvalue weighted by atomic mass is 16.1. The molecule has 1 amide bonds. The number of aromatic amines is 1. The number of amides is 1. The zero-order chi connectivity index (χ0) is 22.7. The van der Waals surface area contributed by atoms with Gasteiger partial charge in [0.2, 0.25) is 0 Å². The van der Waals surface area contributed by atoms with E-state index < -0.39 is 0 Å². The first-order valence-electron chi connectivity index (χ1n) is 11.4. The summed E-state index contributed by atoms with van der Waals surface area (Å²) in [5.41, 5.74) is 6.45. The highest BCUT2D eigenvalue weighted by molar-refractivity contribution is 6.08. The zero-order valence-corrected chi connectivity index (χ0v) is 19.7. The Kier molecular flexibility index (Phi) is 7.04. The number of nitrogens with zero attached hydrogens (tertiary/aromatic N) is 1. The Hall–Kier alpha value is -2.82. The second kappa shape index (κ2) is 9.54. The number of aromatic nitrogens is 2. The van der Waals surface area contributed by atoms with Gasteiger partial charge < -0.3 is 14.9 Å². The molecule has 166 valence electrons. The number of fused-ring (bicyclic) bond motifs is 1. The van der Waals surface area contributed by atoms with Gasteiger partial charge in [-0.25, -0.2) is 0 Å². The van der Waals surface area contributed by atoms with Gasteiger partial charge in [0.1, 0.15) is 0 Å². The molecule has 0 atom stereocenters. The summed E-state index contributed by atoms with van der Waals surface area (Å²) in [7, 11) is 0. The van der Waals surface area contributed by atoms with Gasteiger partial charge in [0.25, 0.3) is 11.5 Å². The first-order valence-corrected chi connectivity index (χ1v) is 11.4. The van der Waals surface area contributed by atoms with Gasteiger partial charge in [0.15, 0.2) is 0 Å². The molecule has 0 bridgehead atoms. The molecule has 0 aliphatic heterocycles. The molecule has 1 aromatic carbocycles. The highest BCUT2D eigenvalue weighted by Crippen LogP contribution is 2.29. The van der Waals surface area contributed by atoms with Gasteiger partial charge >= 0.3 is 0 Å². The van der Waals surface area contributed by atoms with Crippen molar-refractivity contribution >= 4 is 16.8 Å². The summed E-state index contributed by atoms with van der Waals surface area (Å²) in [6, 6.07) is 6.56. The van der Waals surface area contributed by atoms with E-state index in [-0.39, 0.29) is 18.0 Å². The maximum atomic E-state index is 13.3. The number of aryl methyl sites for hydroxylation is 4. The van der Waals surface area contributed by atoms with E-state index in [9.17, 15) is 9.59 Å². The second-order valence-corrected chi connectivity index (χ2v) is 8.82. The van der Waals surface area contributed by atoms with E-state index >= 15 is 0 Å². The quantitative estimate of drug-likeness (QED) is 0.514. The molecule has 2 heterocycles. The SMILES string of the molecule is CCCc1cc(C(=O)NCc2c(CCC)cc(C)[nH]c2=O)c2c(C)cn(C(C)C)c2c1. The fourth-order valence-corrected chi connectivity index (χ4v) is 4.42. The van der Waals surface area contributed by atoms with Crippen molar-refractivity contribution in [1.82, 2.24) is 14.9 Å². The van der Waals surface area contributed by atoms with Gasteiger partial charge in [0.05, 0.1) is 0 Å². The normalized spacial score (nSPS) is 11.5. The first-order chi connectivity index (χ1) is 14.8. The molecule has 0 aliphatic carbocycles. The van der Waals surface area contributed by atoms with E-state index in [0.717, 1.165) is 53.4 Å². The average Bonchev–Trinajstić information content (AvgIpc) is 3.04. The lowest BCUT2D eigenvalue weighted by Crippen LogP contribution is -2.28. The molecule has 0 fully saturated rings. The second-order valence-electron chi connectivity index (χ2n) is 8.82. The largest absolute Gasteiger partial charge is 0.348 e. The van der Waals surface area contributed by atoms with Crippen molar-refractivity contribution < 1.29 is 4.79 Å². The van der Waals surface area contributed by atoms with E-state index in [4.69, 9.17) is 0 Å². The van der Waals surface area contributed by atoms with Gasteiger partial charge in [-0.15, -0.1) is 0 Å². The van der Waals surface area contributed by atoms with E-state index in [2.05, 4.69) is 61.7 Å². The number of H-pyrrole nitrogens is 1. The van der Waals surface area contributed by atoms with Crippen molar-refractivity contribution in [2.24, 2.45) is 0 Å². The van der Waals surface area contributed by atoms with Crippen LogP contribution in [-0.2, 0) is 19.4 Å². The fourth-order valence-electron chi connectivity index (χ4n) is 4.42. The van der Waals surface area contributed by atoms with Crippen molar-refractivity contribution in [1.29, 1.82) is 0 Å². The fraction of sp³-hybridized carbons (Fsp3) is 0.462. The minimum atomic E-state index is -0.130. The van der Waals surface area contributed by atoms with E-state index in [1.807, 2.05) is 19.1 Å². The minimum absolute atomic E-state index is 0.115. The van der Waals surface area contributed by atoms with Crippen molar-refractivity contribution in [3.63, 3.8) is 0 Å². The number of nitrogens with one attached hydrogen (secondary N) is 2. The molecular formula is C26H35N3O2. The van der Waals surface area contributed by atoms with Crippen LogP contribution in [0.1, 0.15) is 84.9 Å². The summed E-state index contributed by atoms with van der Waals surface area (Å²) in [5, 5.41) is 4.03. The molecule has 0 aliphatic rings. The Balaban J connectivity index is 2.01. The summed E-state index contributed by atoms with van der Waals surface area (Å²) in [6.07, 6.45) is 5.85. The predicted molar refractivity (Wildman–Crippen MR) is 128 cm³/mol. The van der Waals surface area contributed by atoms with Crippen LogP contribution in [-0.4, -0.2) is 15.5 Å². The maximum absolute atomic E-state index is 13.3. The highest BCUT2D eigenvalue weighted by Gasteiger charge is 2.19. The van der Waals surface area contributed by atoms with Crippen LogP contribution in [0.3, 0.4) is 0 Å². The lowest BCUT2D eigenvalue weighted by Gasteiger charge is -2.14. The summed E-state index contributed by atoms with van der Waals surface area (Å²) in [4.78, 5) is 28.8. The monoisotopic (exact) mass is 421 g/mol. The number of rotatable bonds is 8. The molecular weight excluding hydrogens is 386 g/mol. The van der Waals surface area contributed by atoms with E-state index in [0.29, 0.717) is 17.2 Å². The third kappa shape index (κ3) is 4.76. The van der Waals surface area contributed by atoms with E-state index in [1.54, 1.807) is 0 Å². The molecule has 3 rings (SSSR count). The molecule has 0 radical (unpaired) electrons. The maximum Gasteiger partial charge on any atom is 0.253 e. The zero-order valence-electron chi connectivity index (χ0n) is 19.7. The standard InChI is InChI=1S/C26H35N3O2/c1-7-9-19-12-21(24-17(5)15-29(16(3)4)23(24)13-19)25(30)27-14-22-20(10-8-2)11-18(6)28-26(22)31/h11-13,15-16H,7-10,14H2,1-6H3,(H,27,30)(H,28,31). The number of benzene rings is 1. The van der Waals surface area contributed by atoms with Crippen LogP contribution in [0.2, 0.25) is 0 Å². The van der Waals surface area contributed by atoms with Gasteiger partial charge in [-0.2, -0.15) is 0 Å². The number of hydrogen-bond acceptors (Lipinski definition) is 2. The smallest absolute Gasteiger partial charge is 0.253 e. The third-order valence-corrected chi connectivity index (χ3v) is 5.83. The van der Waals surface area contributed by atoms with Gasteiger partial charge in [0, 0.05) is 46.5 Å². The molecule has 2 N–H and O–H groups in total. The average molecular weight is 422 g/mol. The molecule has 0 spiro atoms. The molecule has 31 heavy (non-hydrogen) atoms. The lowest BCUT2D eigenvalue weighted by atomic mass is 9.99. The Morgan fingerprint density at radius 3 is 2.45 bits per heavy atom. The van der Waals surface area contributed by atoms with Crippen LogP contribution in [0.25, 0.3) is 10.9 Å². The number of pyridine rings is 1. The molecule has 5 heteroatoms. The van der Waals surface area contributed by atoms with Crippen molar-refractivity contribution in [3.8, 4) is 0 Å². The van der Waals surface area contributed by atoms with Crippen LogP contribution >= 0.6 is 0 Å². The Labute approximate surface area is 184 Å². The molecule has 0 saturated heterocycles. The topological polar surface area (TPSA) is 66.9 Å². The number of carbonyl (C=O) groups excluding carboxylic acids is 1. The molecule has 5 nitrogen and oxygen atoms in total. The van der Waals surface area contributed by atoms with Crippen molar-refractivity contribution in [2.45, 2.75) is 79.8 Å². The summed E-state index contributed by atoms with van der Waals surface area (Å²) in [5.74, 6) is -0.130. The van der Waals surface area contributed by atoms with Crippen molar-refractivity contribution in [2.75, 3.05) is 0 Å². The third-order valence-electron chi connectivity index (χ3n) is 5.83. The number of hydrogen-bond donors (Lipinski definition) is 2. The van der Waals surface area contributed by atoms with Crippen LogP contribution in [0.5, 0.6) is 0 Å². The van der Waals surface area contributed by atoms with Crippen LogP contribution in [0.15, 0.2) is 29.2 Å². The van der Waals surface area contributed by atoms with Crippen LogP contribution in [0, 0.1) is 13.8 Å². The Morgan fingerprint density at radius 2 is 1.81 bits per heavy atom. The van der Waals surface area contributed by atoms with Crippen LogP contribution in [0.4, 0.5) is 0 Å². The van der Waals surface area contributed by atoms with Gasteiger partial charge in [-0.1, -0.05) is 26.7 Å². The lowest BCUT2D eigenvalue weighted by molar-refractivity contribution is 0.0952. The Bertz CT molecular complexity index is 1150. The summed E-state index contributed by atoms with van der Waals surface area (Å²) < 4.78 is 2.24. The number of carbonyl (C=O) groups is 1. The molecule has 0 unspecified atom stereocenters. The first kappa shape index (κ1) is 22.9. The van der Waals surface area contributed by atoms with E-state index in [1.165, 1.54) is 5.56 Å². The van der Waals surface area contributed by atoms with Crippen LogP contribution < -0.4 is 10.9 Å². The molecule has 0 saturated carbocycles. The Morgan fingerprint density at radius 1 is 1.10 bits per heavy atom. The van der Waals surface area contributed by atoms with Crippen molar-refractivity contribution in [3.05, 3.63) is 68.3 Å². The summed E-state index contributed by atoms with van der Waals surface area (Å²) >= 11 is 0. The minimum Gasteiger partial charge on any atom is -0.348 e. The summed E-state index contributed by atoms with van der Waals surface area (Å²) in [6.45, 7) is 12.7. The van der Waals surface area contributed by atoms with Gasteiger partial charge in [-0.05, 0) is 75.4 Å². The molecule has 3 aromatic rings.